The number of rotatable bonds is 4. The van der Waals surface area contributed by atoms with E-state index in [1.54, 1.807) is 25.1 Å². The minimum atomic E-state index is -0.248. The predicted molar refractivity (Wildman–Crippen MR) is 67.1 cm³/mol. The van der Waals surface area contributed by atoms with Gasteiger partial charge in [0.15, 0.2) is 0 Å². The van der Waals surface area contributed by atoms with Crippen LogP contribution in [0.1, 0.15) is 20.9 Å². The maximum Gasteiger partial charge on any atom is 0.264 e. The lowest BCUT2D eigenvalue weighted by Gasteiger charge is -2.04. The SMILES string of the molecule is Cc1nnsc1C(=O)NCCc1ccccc1F. The fourth-order valence-corrected chi connectivity index (χ4v) is 2.10. The van der Waals surface area contributed by atoms with Crippen LogP contribution in [0.15, 0.2) is 24.3 Å². The third-order valence-corrected chi connectivity index (χ3v) is 3.32. The van der Waals surface area contributed by atoms with Crippen LogP contribution in [0.25, 0.3) is 0 Å². The average Bonchev–Trinajstić information content (AvgIpc) is 2.78. The highest BCUT2D eigenvalue weighted by molar-refractivity contribution is 7.07. The van der Waals surface area contributed by atoms with Gasteiger partial charge in [0.1, 0.15) is 10.7 Å². The number of carbonyl (C=O) groups excluding carboxylic acids is 1. The fourth-order valence-electron chi connectivity index (χ4n) is 1.53. The summed E-state index contributed by atoms with van der Waals surface area (Å²) >= 11 is 1.06. The van der Waals surface area contributed by atoms with E-state index in [0.717, 1.165) is 11.5 Å². The molecule has 4 nitrogen and oxygen atoms in total. The third-order valence-electron chi connectivity index (χ3n) is 2.50. The summed E-state index contributed by atoms with van der Waals surface area (Å²) in [5, 5.41) is 6.49. The normalized spacial score (nSPS) is 10.3. The van der Waals surface area contributed by atoms with Gasteiger partial charge in [-0.1, -0.05) is 22.7 Å². The summed E-state index contributed by atoms with van der Waals surface area (Å²) in [5.74, 6) is -0.457. The van der Waals surface area contributed by atoms with E-state index in [9.17, 15) is 9.18 Å². The highest BCUT2D eigenvalue weighted by Gasteiger charge is 2.12. The Morgan fingerprint density at radius 3 is 2.89 bits per heavy atom. The van der Waals surface area contributed by atoms with Crippen molar-refractivity contribution < 1.29 is 9.18 Å². The number of amides is 1. The van der Waals surface area contributed by atoms with E-state index in [0.29, 0.717) is 29.1 Å². The van der Waals surface area contributed by atoms with Gasteiger partial charge >= 0.3 is 0 Å². The summed E-state index contributed by atoms with van der Waals surface area (Å²) in [5.41, 5.74) is 1.21. The average molecular weight is 265 g/mol. The Morgan fingerprint density at radius 1 is 1.44 bits per heavy atom. The molecule has 2 aromatic rings. The second kappa shape index (κ2) is 5.68. The van der Waals surface area contributed by atoms with Crippen LogP contribution >= 0.6 is 11.5 Å². The van der Waals surface area contributed by atoms with Crippen molar-refractivity contribution in [1.29, 1.82) is 0 Å². The van der Waals surface area contributed by atoms with Gasteiger partial charge in [0.2, 0.25) is 0 Å². The molecule has 0 fully saturated rings. The molecule has 94 valence electrons. The van der Waals surface area contributed by atoms with Gasteiger partial charge in [-0.25, -0.2) is 4.39 Å². The molecular formula is C12H12FN3OS. The van der Waals surface area contributed by atoms with E-state index in [-0.39, 0.29) is 11.7 Å². The van der Waals surface area contributed by atoms with Crippen molar-refractivity contribution in [1.82, 2.24) is 14.9 Å². The van der Waals surface area contributed by atoms with Gasteiger partial charge in [-0.2, -0.15) is 0 Å². The van der Waals surface area contributed by atoms with Crippen LogP contribution in [0, 0.1) is 12.7 Å². The van der Waals surface area contributed by atoms with E-state index in [4.69, 9.17) is 0 Å². The molecule has 6 heteroatoms. The van der Waals surface area contributed by atoms with Crippen LogP contribution in [-0.2, 0) is 6.42 Å². The highest BCUT2D eigenvalue weighted by atomic mass is 32.1. The molecule has 0 saturated heterocycles. The predicted octanol–water partition coefficient (Wildman–Crippen LogP) is 1.96. The molecule has 1 N–H and O–H groups in total. The Kier molecular flexibility index (Phi) is 3.99. The molecule has 1 aromatic heterocycles. The first-order valence-corrected chi connectivity index (χ1v) is 6.26. The number of carbonyl (C=O) groups is 1. The smallest absolute Gasteiger partial charge is 0.264 e. The first-order chi connectivity index (χ1) is 8.68. The Balaban J connectivity index is 1.88. The van der Waals surface area contributed by atoms with Gasteiger partial charge in [0.05, 0.1) is 5.69 Å². The lowest BCUT2D eigenvalue weighted by molar-refractivity contribution is 0.0957. The lowest BCUT2D eigenvalue weighted by atomic mass is 10.1. The number of aromatic nitrogens is 2. The van der Waals surface area contributed by atoms with Crippen molar-refractivity contribution in [2.75, 3.05) is 6.54 Å². The summed E-state index contributed by atoms with van der Waals surface area (Å²) in [7, 11) is 0. The van der Waals surface area contributed by atoms with Crippen LogP contribution in [0.4, 0.5) is 4.39 Å². The molecule has 0 aliphatic heterocycles. The number of halogens is 1. The standard InChI is InChI=1S/C12H12FN3OS/c1-8-11(18-16-15-8)12(17)14-7-6-9-4-2-3-5-10(9)13/h2-5H,6-7H2,1H3,(H,14,17). The van der Waals surface area contributed by atoms with Gasteiger partial charge < -0.3 is 5.32 Å². The number of nitrogens with zero attached hydrogens (tertiary/aromatic N) is 2. The summed E-state index contributed by atoms with van der Waals surface area (Å²) in [4.78, 5) is 12.2. The monoisotopic (exact) mass is 265 g/mol. The molecule has 18 heavy (non-hydrogen) atoms. The first kappa shape index (κ1) is 12.6. The summed E-state index contributed by atoms with van der Waals surface area (Å²) < 4.78 is 17.0. The molecular weight excluding hydrogens is 253 g/mol. The quantitative estimate of drug-likeness (QED) is 0.919. The van der Waals surface area contributed by atoms with E-state index < -0.39 is 0 Å². The molecule has 0 spiro atoms. The zero-order valence-electron chi connectivity index (χ0n) is 9.81. The van der Waals surface area contributed by atoms with E-state index in [2.05, 4.69) is 14.9 Å². The summed E-state index contributed by atoms with van der Waals surface area (Å²) in [6, 6.07) is 6.54. The van der Waals surface area contributed by atoms with Crippen molar-refractivity contribution in [3.63, 3.8) is 0 Å². The molecule has 0 radical (unpaired) electrons. The van der Waals surface area contributed by atoms with Crippen molar-refractivity contribution in [2.24, 2.45) is 0 Å². The third kappa shape index (κ3) is 2.89. The Labute approximate surface area is 108 Å². The zero-order chi connectivity index (χ0) is 13.0. The van der Waals surface area contributed by atoms with Gasteiger partial charge in [0.25, 0.3) is 5.91 Å². The maximum atomic E-state index is 13.3. The first-order valence-electron chi connectivity index (χ1n) is 5.49. The maximum absolute atomic E-state index is 13.3. The molecule has 0 aliphatic carbocycles. The van der Waals surface area contributed by atoms with Gasteiger partial charge in [-0.05, 0) is 36.5 Å². The number of hydrogen-bond donors (Lipinski definition) is 1. The highest BCUT2D eigenvalue weighted by Crippen LogP contribution is 2.09. The molecule has 0 aliphatic rings. The molecule has 2 rings (SSSR count). The topological polar surface area (TPSA) is 54.9 Å². The zero-order valence-corrected chi connectivity index (χ0v) is 10.6. The Morgan fingerprint density at radius 2 is 2.22 bits per heavy atom. The minimum absolute atomic E-state index is 0.209. The van der Waals surface area contributed by atoms with Crippen molar-refractivity contribution in [2.45, 2.75) is 13.3 Å². The molecule has 1 aromatic carbocycles. The summed E-state index contributed by atoms with van der Waals surface area (Å²) in [6.45, 7) is 2.12. The second-order valence-electron chi connectivity index (χ2n) is 3.78. The van der Waals surface area contributed by atoms with E-state index >= 15 is 0 Å². The molecule has 0 saturated carbocycles. The van der Waals surface area contributed by atoms with Crippen LogP contribution in [0.3, 0.4) is 0 Å². The van der Waals surface area contributed by atoms with Crippen LogP contribution in [0.5, 0.6) is 0 Å². The van der Waals surface area contributed by atoms with Crippen LogP contribution in [-0.4, -0.2) is 22.0 Å². The number of aryl methyl sites for hydroxylation is 1. The van der Waals surface area contributed by atoms with Crippen LogP contribution < -0.4 is 5.32 Å². The Hall–Kier alpha value is -1.82. The molecule has 0 unspecified atom stereocenters. The van der Waals surface area contributed by atoms with Gasteiger partial charge in [-0.15, -0.1) is 5.10 Å². The van der Waals surface area contributed by atoms with Crippen LogP contribution in [0.2, 0.25) is 0 Å². The van der Waals surface area contributed by atoms with Gasteiger partial charge in [0, 0.05) is 6.54 Å². The van der Waals surface area contributed by atoms with Crippen molar-refractivity contribution >= 4 is 17.4 Å². The largest absolute Gasteiger partial charge is 0.351 e. The van der Waals surface area contributed by atoms with Crippen molar-refractivity contribution in [3.05, 3.63) is 46.2 Å². The molecule has 0 bridgehead atoms. The van der Waals surface area contributed by atoms with E-state index in [1.165, 1.54) is 6.07 Å². The minimum Gasteiger partial charge on any atom is -0.351 e. The molecule has 1 heterocycles. The number of benzene rings is 1. The Bertz CT molecular complexity index is 556. The number of hydrogen-bond acceptors (Lipinski definition) is 4. The van der Waals surface area contributed by atoms with Gasteiger partial charge in [-0.3, -0.25) is 4.79 Å². The second-order valence-corrected chi connectivity index (χ2v) is 4.54. The lowest BCUT2D eigenvalue weighted by Crippen LogP contribution is -2.25. The summed E-state index contributed by atoms with van der Waals surface area (Å²) in [6.07, 6.45) is 0.462. The van der Waals surface area contributed by atoms with Crippen molar-refractivity contribution in [3.8, 4) is 0 Å². The molecule has 1 amide bonds. The number of nitrogens with one attached hydrogen (secondary N) is 1. The fraction of sp³-hybridized carbons (Fsp3) is 0.250. The molecule has 0 atom stereocenters. The van der Waals surface area contributed by atoms with E-state index in [1.807, 2.05) is 0 Å².